The summed E-state index contributed by atoms with van der Waals surface area (Å²) in [6.45, 7) is 1.35. The Morgan fingerprint density at radius 3 is 2.22 bits per heavy atom. The van der Waals surface area contributed by atoms with E-state index < -0.39 is 0 Å². The van der Waals surface area contributed by atoms with Crippen molar-refractivity contribution in [2.45, 2.75) is 13.0 Å². The maximum Gasteiger partial charge on any atom is 0.224 e. The first-order chi connectivity index (χ1) is 13.3. The lowest BCUT2D eigenvalue weighted by atomic mass is 10.1. The normalized spacial score (nSPS) is 10.3. The maximum absolute atomic E-state index is 5.38. The van der Waals surface area contributed by atoms with Gasteiger partial charge >= 0.3 is 0 Å². The molecule has 2 N–H and O–H groups in total. The Morgan fingerprint density at radius 1 is 0.815 bits per heavy atom. The van der Waals surface area contributed by atoms with Crippen LogP contribution in [0, 0.1) is 0 Å². The highest BCUT2D eigenvalue weighted by molar-refractivity contribution is 5.43. The van der Waals surface area contributed by atoms with Crippen LogP contribution in [0.5, 0.6) is 11.5 Å². The fourth-order valence-corrected chi connectivity index (χ4v) is 2.80. The smallest absolute Gasteiger partial charge is 0.224 e. The van der Waals surface area contributed by atoms with E-state index in [1.807, 2.05) is 48.5 Å². The van der Waals surface area contributed by atoms with Crippen LogP contribution in [0.3, 0.4) is 0 Å². The minimum absolute atomic E-state index is 0.593. The van der Waals surface area contributed by atoms with Crippen molar-refractivity contribution in [1.29, 1.82) is 0 Å². The lowest BCUT2D eigenvalue weighted by Crippen LogP contribution is -2.10. The molecule has 3 aromatic rings. The van der Waals surface area contributed by atoms with Gasteiger partial charge in [0.05, 0.1) is 14.2 Å². The van der Waals surface area contributed by atoms with Crippen molar-refractivity contribution in [3.8, 4) is 11.5 Å². The van der Waals surface area contributed by atoms with Crippen molar-refractivity contribution < 1.29 is 9.47 Å². The highest BCUT2D eigenvalue weighted by Gasteiger charge is 2.04. The van der Waals surface area contributed by atoms with Crippen LogP contribution in [-0.2, 0) is 13.0 Å². The zero-order valence-corrected chi connectivity index (χ0v) is 15.6. The number of aromatic nitrogens is 2. The van der Waals surface area contributed by atoms with Crippen LogP contribution in [-0.4, -0.2) is 30.7 Å². The summed E-state index contributed by atoms with van der Waals surface area (Å²) in [5.74, 6) is 3.10. The molecule has 6 heteroatoms. The molecule has 1 aromatic heterocycles. The first-order valence-electron chi connectivity index (χ1n) is 8.84. The van der Waals surface area contributed by atoms with E-state index in [4.69, 9.17) is 9.47 Å². The number of ether oxygens (including phenoxy) is 2. The molecule has 0 aliphatic carbocycles. The monoisotopic (exact) mass is 364 g/mol. The summed E-state index contributed by atoms with van der Waals surface area (Å²) in [5.41, 5.74) is 2.22. The van der Waals surface area contributed by atoms with E-state index in [0.29, 0.717) is 12.5 Å². The summed E-state index contributed by atoms with van der Waals surface area (Å²) < 4.78 is 10.8. The van der Waals surface area contributed by atoms with E-state index in [1.165, 1.54) is 0 Å². The number of anilines is 2. The Labute approximate surface area is 159 Å². The van der Waals surface area contributed by atoms with Crippen LogP contribution in [0.2, 0.25) is 0 Å². The molecule has 0 radical (unpaired) electrons. The van der Waals surface area contributed by atoms with Crippen molar-refractivity contribution in [2.24, 2.45) is 0 Å². The number of nitrogens with zero attached hydrogens (tertiary/aromatic N) is 2. The predicted octanol–water partition coefficient (Wildman–Crippen LogP) is 3.76. The van der Waals surface area contributed by atoms with Crippen LogP contribution in [0.25, 0.3) is 0 Å². The molecule has 140 valence electrons. The Morgan fingerprint density at radius 2 is 1.48 bits per heavy atom. The molecule has 0 bridgehead atoms. The van der Waals surface area contributed by atoms with Gasteiger partial charge in [-0.2, -0.15) is 4.98 Å². The lowest BCUT2D eigenvalue weighted by molar-refractivity contribution is 0.410. The topological polar surface area (TPSA) is 68.3 Å². The summed E-state index contributed by atoms with van der Waals surface area (Å²) in [6, 6.07) is 17.8. The quantitative estimate of drug-likeness (QED) is 0.603. The van der Waals surface area contributed by atoms with Gasteiger partial charge in [0.2, 0.25) is 5.95 Å². The van der Waals surface area contributed by atoms with Crippen molar-refractivity contribution in [3.05, 3.63) is 71.9 Å². The molecule has 0 aliphatic heterocycles. The summed E-state index contributed by atoms with van der Waals surface area (Å²) >= 11 is 0. The van der Waals surface area contributed by atoms with Crippen LogP contribution in [0.15, 0.2) is 60.8 Å². The van der Waals surface area contributed by atoms with Crippen molar-refractivity contribution in [2.75, 3.05) is 31.4 Å². The molecule has 0 amide bonds. The number of para-hydroxylation sites is 2. The highest BCUT2D eigenvalue weighted by atomic mass is 16.5. The third-order valence-corrected chi connectivity index (χ3v) is 4.18. The van der Waals surface area contributed by atoms with Crippen LogP contribution < -0.4 is 20.1 Å². The second kappa shape index (κ2) is 9.43. The predicted molar refractivity (Wildman–Crippen MR) is 108 cm³/mol. The second-order valence-electron chi connectivity index (χ2n) is 5.92. The van der Waals surface area contributed by atoms with E-state index >= 15 is 0 Å². The maximum atomic E-state index is 5.38. The Balaban J connectivity index is 1.56. The molecular weight excluding hydrogens is 340 g/mol. The first kappa shape index (κ1) is 18.5. The van der Waals surface area contributed by atoms with Crippen LogP contribution in [0.1, 0.15) is 11.1 Å². The molecule has 0 spiro atoms. The van der Waals surface area contributed by atoms with Gasteiger partial charge in [-0.15, -0.1) is 0 Å². The number of hydrogen-bond donors (Lipinski definition) is 2. The van der Waals surface area contributed by atoms with Gasteiger partial charge in [-0.25, -0.2) is 4.98 Å². The Bertz CT molecular complexity index is 870. The number of methoxy groups -OCH3 is 2. The molecular formula is C21H24N4O2. The van der Waals surface area contributed by atoms with E-state index in [1.54, 1.807) is 20.4 Å². The number of benzene rings is 2. The second-order valence-corrected chi connectivity index (χ2v) is 5.92. The van der Waals surface area contributed by atoms with Crippen molar-refractivity contribution in [1.82, 2.24) is 9.97 Å². The molecule has 27 heavy (non-hydrogen) atoms. The molecule has 0 saturated carbocycles. The fraction of sp³-hybridized carbons (Fsp3) is 0.238. The zero-order chi connectivity index (χ0) is 18.9. The fourth-order valence-electron chi connectivity index (χ4n) is 2.80. The summed E-state index contributed by atoms with van der Waals surface area (Å²) in [6.07, 6.45) is 2.56. The summed E-state index contributed by atoms with van der Waals surface area (Å²) in [4.78, 5) is 8.80. The molecule has 3 rings (SSSR count). The molecule has 0 aliphatic rings. The van der Waals surface area contributed by atoms with Gasteiger partial charge in [-0.1, -0.05) is 36.4 Å². The molecule has 1 heterocycles. The molecule has 0 unspecified atom stereocenters. The summed E-state index contributed by atoms with van der Waals surface area (Å²) in [7, 11) is 3.36. The third kappa shape index (κ3) is 5.10. The minimum atomic E-state index is 0.593. The van der Waals surface area contributed by atoms with Gasteiger partial charge in [0.25, 0.3) is 0 Å². The van der Waals surface area contributed by atoms with E-state index in [2.05, 4.69) is 26.7 Å². The van der Waals surface area contributed by atoms with Gasteiger partial charge in [-0.3, -0.25) is 0 Å². The Hall–Kier alpha value is -3.28. The minimum Gasteiger partial charge on any atom is -0.496 e. The number of hydrogen-bond acceptors (Lipinski definition) is 6. The third-order valence-electron chi connectivity index (χ3n) is 4.18. The van der Waals surface area contributed by atoms with Gasteiger partial charge in [0, 0.05) is 24.8 Å². The van der Waals surface area contributed by atoms with Gasteiger partial charge < -0.3 is 20.1 Å². The van der Waals surface area contributed by atoms with E-state index in [-0.39, 0.29) is 0 Å². The number of nitrogens with one attached hydrogen (secondary N) is 2. The van der Waals surface area contributed by atoms with E-state index in [9.17, 15) is 0 Å². The molecule has 0 saturated heterocycles. The van der Waals surface area contributed by atoms with Gasteiger partial charge in [0.15, 0.2) is 0 Å². The van der Waals surface area contributed by atoms with Crippen molar-refractivity contribution in [3.63, 3.8) is 0 Å². The van der Waals surface area contributed by atoms with E-state index in [0.717, 1.165) is 41.4 Å². The van der Waals surface area contributed by atoms with Crippen LogP contribution in [0.4, 0.5) is 11.8 Å². The lowest BCUT2D eigenvalue weighted by Gasteiger charge is -2.11. The van der Waals surface area contributed by atoms with Gasteiger partial charge in [-0.05, 0) is 30.2 Å². The van der Waals surface area contributed by atoms with Crippen LogP contribution >= 0.6 is 0 Å². The summed E-state index contributed by atoms with van der Waals surface area (Å²) in [5, 5.41) is 6.57. The van der Waals surface area contributed by atoms with Gasteiger partial charge in [0.1, 0.15) is 17.3 Å². The SMILES string of the molecule is COc1ccccc1CCNc1nccc(NCc2ccccc2OC)n1. The molecule has 6 nitrogen and oxygen atoms in total. The zero-order valence-electron chi connectivity index (χ0n) is 15.6. The molecule has 0 fully saturated rings. The average molecular weight is 364 g/mol. The standard InChI is InChI=1S/C21H24N4O2/c1-26-18-9-5-3-7-16(18)11-13-22-21-23-14-12-20(25-21)24-15-17-8-4-6-10-19(17)27-2/h3-10,12,14H,11,13,15H2,1-2H3,(H2,22,23,24,25). The highest BCUT2D eigenvalue weighted by Crippen LogP contribution is 2.19. The largest absolute Gasteiger partial charge is 0.496 e. The average Bonchev–Trinajstić information content (AvgIpc) is 2.73. The first-order valence-corrected chi connectivity index (χ1v) is 8.84. The number of rotatable bonds is 9. The molecule has 0 atom stereocenters. The Kier molecular flexibility index (Phi) is 6.46. The molecule has 2 aromatic carbocycles. The van der Waals surface area contributed by atoms with Crippen molar-refractivity contribution >= 4 is 11.8 Å².